The molecule has 0 spiro atoms. The van der Waals surface area contributed by atoms with Crippen molar-refractivity contribution in [2.24, 2.45) is 0 Å². The Labute approximate surface area is 350 Å². The smallest absolute Gasteiger partial charge is 0.397 e. The second-order valence-corrected chi connectivity index (χ2v) is 16.0. The van der Waals surface area contributed by atoms with Crippen molar-refractivity contribution in [3.8, 4) is 0 Å². The van der Waals surface area contributed by atoms with Gasteiger partial charge in [-0.05, 0) is 44.9 Å². The van der Waals surface area contributed by atoms with Crippen molar-refractivity contribution in [1.82, 2.24) is 0 Å². The maximum absolute atomic E-state index is 12.8. The summed E-state index contributed by atoms with van der Waals surface area (Å²) < 4.78 is 58.9. The molecular weight excluding hydrogens is 765 g/mol. The molecule has 1 saturated heterocycles. The minimum Gasteiger partial charge on any atom is -0.457 e. The molecule has 0 amide bonds. The van der Waals surface area contributed by atoms with Gasteiger partial charge < -0.3 is 34.3 Å². The third-order valence-corrected chi connectivity index (χ3v) is 10.1. The number of hydrogen-bond acceptors (Lipinski definition) is 11. The van der Waals surface area contributed by atoms with Crippen molar-refractivity contribution in [2.75, 3.05) is 26.4 Å². The number of allylic oxidation sites excluding steroid dienone is 9. The van der Waals surface area contributed by atoms with Crippen molar-refractivity contribution < 1.29 is 56.2 Å². The molecule has 1 aliphatic rings. The summed E-state index contributed by atoms with van der Waals surface area (Å²) in [5, 5.41) is 30.6. The molecule has 0 bridgehead atoms. The Morgan fingerprint density at radius 3 is 1.64 bits per heavy atom. The molecule has 1 heterocycles. The second-order valence-electron chi connectivity index (χ2n) is 14.9. The number of hydrogen-bond donors (Lipinski definition) is 4. The summed E-state index contributed by atoms with van der Waals surface area (Å²) in [6.45, 7) is 3.65. The van der Waals surface area contributed by atoms with Crippen molar-refractivity contribution >= 4 is 16.4 Å². The zero-order valence-electron chi connectivity index (χ0n) is 35.6. The molecule has 0 aromatic rings. The molecule has 1 fully saturated rings. The SMILES string of the molecule is CC/C=C\C/C=C\C/C=C\C/C=C\C/C=C\CCOCC(COC1OC(CO)C(O)C(OS(=O)(=O)O)C1O)OC(=O)CCCCCCCCCCCCCCCCC. The van der Waals surface area contributed by atoms with Gasteiger partial charge in [-0.2, -0.15) is 8.42 Å². The van der Waals surface area contributed by atoms with E-state index >= 15 is 0 Å². The van der Waals surface area contributed by atoms with Gasteiger partial charge in [0, 0.05) is 6.42 Å². The highest BCUT2D eigenvalue weighted by molar-refractivity contribution is 7.80. The van der Waals surface area contributed by atoms with Crippen LogP contribution in [0.1, 0.15) is 155 Å². The molecule has 4 N–H and O–H groups in total. The molecule has 6 unspecified atom stereocenters. The summed E-state index contributed by atoms with van der Waals surface area (Å²) >= 11 is 0. The lowest BCUT2D eigenvalue weighted by molar-refractivity contribution is -0.301. The number of carbonyl (C=O) groups excluding carboxylic acids is 1. The summed E-state index contributed by atoms with van der Waals surface area (Å²) in [5.41, 5.74) is 0. The quantitative estimate of drug-likeness (QED) is 0.0202. The topological polar surface area (TPSA) is 178 Å². The van der Waals surface area contributed by atoms with Crippen molar-refractivity contribution in [3.63, 3.8) is 0 Å². The maximum Gasteiger partial charge on any atom is 0.397 e. The largest absolute Gasteiger partial charge is 0.457 e. The zero-order chi connectivity index (χ0) is 42.5. The van der Waals surface area contributed by atoms with E-state index in [1.54, 1.807) is 0 Å². The third-order valence-electron chi connectivity index (χ3n) is 9.67. The van der Waals surface area contributed by atoms with Gasteiger partial charge in [0.25, 0.3) is 0 Å². The normalized spacial score (nSPS) is 21.1. The van der Waals surface area contributed by atoms with Crippen LogP contribution in [0.5, 0.6) is 0 Å². The van der Waals surface area contributed by atoms with Crippen LogP contribution in [0.15, 0.2) is 60.8 Å². The van der Waals surface area contributed by atoms with Crippen LogP contribution >= 0.6 is 0 Å². The first-order chi connectivity index (χ1) is 28.1. The van der Waals surface area contributed by atoms with Crippen molar-refractivity contribution in [3.05, 3.63) is 60.8 Å². The van der Waals surface area contributed by atoms with Crippen molar-refractivity contribution in [2.45, 2.75) is 192 Å². The lowest BCUT2D eigenvalue weighted by Gasteiger charge is -2.41. The van der Waals surface area contributed by atoms with E-state index in [9.17, 15) is 28.5 Å². The molecule has 0 aromatic heterocycles. The van der Waals surface area contributed by atoms with Gasteiger partial charge in [-0.15, -0.1) is 0 Å². The molecule has 336 valence electrons. The van der Waals surface area contributed by atoms with Crippen LogP contribution in [0.4, 0.5) is 0 Å². The van der Waals surface area contributed by atoms with Crippen LogP contribution in [0, 0.1) is 0 Å². The fourth-order valence-electron chi connectivity index (χ4n) is 6.38. The zero-order valence-corrected chi connectivity index (χ0v) is 36.4. The van der Waals surface area contributed by atoms with E-state index in [1.807, 2.05) is 12.2 Å². The maximum atomic E-state index is 12.8. The standard InChI is InChI=1S/C45H78O12S/c1-3-5-7-9-11-13-15-17-19-21-23-25-27-29-31-33-35-53-37-39(38-54-45-43(49)44(57-58(50,51)52)42(48)40(36-46)56-45)55-41(47)34-32-30-28-26-24-22-20-18-16-14-12-10-8-6-4-2/h5,7,11,13,17,19,23,25,29,31,39-40,42-46,48-49H,3-4,6,8-10,12,14-16,18,20-22,24,26-28,30,32-38H2,1-2H3,(H,50,51,52)/b7-5-,13-11-,19-17-,25-23-,31-29-. The summed E-state index contributed by atoms with van der Waals surface area (Å²) in [6.07, 6.45) is 35.6. The number of rotatable bonds is 37. The Balaban J connectivity index is 2.50. The van der Waals surface area contributed by atoms with Gasteiger partial charge in [-0.3, -0.25) is 9.35 Å². The van der Waals surface area contributed by atoms with Gasteiger partial charge in [0.05, 0.1) is 26.4 Å². The van der Waals surface area contributed by atoms with Crippen LogP contribution < -0.4 is 0 Å². The Morgan fingerprint density at radius 1 is 0.672 bits per heavy atom. The van der Waals surface area contributed by atoms with E-state index in [0.29, 0.717) is 19.4 Å². The number of esters is 1. The molecule has 12 nitrogen and oxygen atoms in total. The van der Waals surface area contributed by atoms with Gasteiger partial charge in [0.1, 0.15) is 30.5 Å². The average molecular weight is 843 g/mol. The first kappa shape index (κ1) is 53.8. The van der Waals surface area contributed by atoms with E-state index < -0.39 is 59.8 Å². The van der Waals surface area contributed by atoms with Gasteiger partial charge >= 0.3 is 16.4 Å². The summed E-state index contributed by atoms with van der Waals surface area (Å²) in [4.78, 5) is 12.8. The fourth-order valence-corrected chi connectivity index (χ4v) is 6.89. The van der Waals surface area contributed by atoms with Crippen molar-refractivity contribution in [1.29, 1.82) is 0 Å². The molecule has 1 aliphatic heterocycles. The lowest BCUT2D eigenvalue weighted by atomic mass is 9.99. The monoisotopic (exact) mass is 843 g/mol. The predicted molar refractivity (Wildman–Crippen MR) is 229 cm³/mol. The van der Waals surface area contributed by atoms with E-state index in [-0.39, 0.29) is 19.6 Å². The van der Waals surface area contributed by atoms with E-state index in [2.05, 4.69) is 66.6 Å². The first-order valence-electron chi connectivity index (χ1n) is 22.0. The highest BCUT2D eigenvalue weighted by Crippen LogP contribution is 2.26. The Hall–Kier alpha value is -2.20. The number of aliphatic hydroxyl groups excluding tert-OH is 3. The van der Waals surface area contributed by atoms with E-state index in [1.165, 1.54) is 70.6 Å². The highest BCUT2D eigenvalue weighted by atomic mass is 32.3. The van der Waals surface area contributed by atoms with E-state index in [0.717, 1.165) is 51.4 Å². The summed E-state index contributed by atoms with van der Waals surface area (Å²) in [5.74, 6) is -0.425. The number of unbranched alkanes of at least 4 members (excludes halogenated alkanes) is 14. The van der Waals surface area contributed by atoms with Crippen LogP contribution in [-0.4, -0.2) is 97.5 Å². The fraction of sp³-hybridized carbons (Fsp3) is 0.756. The van der Waals surface area contributed by atoms with Crippen LogP contribution in [0.3, 0.4) is 0 Å². The average Bonchev–Trinajstić information content (AvgIpc) is 3.19. The molecule has 0 radical (unpaired) electrons. The Bertz CT molecular complexity index is 1250. The van der Waals surface area contributed by atoms with Gasteiger partial charge in [0.2, 0.25) is 0 Å². The van der Waals surface area contributed by atoms with Gasteiger partial charge in [-0.1, -0.05) is 164 Å². The second kappa shape index (κ2) is 36.6. The van der Waals surface area contributed by atoms with Crippen LogP contribution in [0.25, 0.3) is 0 Å². The minimum absolute atomic E-state index is 0.0187. The predicted octanol–water partition coefficient (Wildman–Crippen LogP) is 8.96. The van der Waals surface area contributed by atoms with E-state index in [4.69, 9.17) is 23.5 Å². The Morgan fingerprint density at radius 2 is 1.16 bits per heavy atom. The number of ether oxygens (including phenoxy) is 4. The summed E-state index contributed by atoms with van der Waals surface area (Å²) in [6, 6.07) is 0. The molecule has 58 heavy (non-hydrogen) atoms. The van der Waals surface area contributed by atoms with Crippen LogP contribution in [0.2, 0.25) is 0 Å². The first-order valence-corrected chi connectivity index (χ1v) is 23.4. The number of aliphatic hydroxyl groups is 3. The summed E-state index contributed by atoms with van der Waals surface area (Å²) in [7, 11) is -5.07. The highest BCUT2D eigenvalue weighted by Gasteiger charge is 2.48. The molecule has 0 saturated carbocycles. The molecule has 0 aliphatic carbocycles. The Kier molecular flexibility index (Phi) is 34.0. The molecule has 0 aromatic carbocycles. The minimum atomic E-state index is -5.07. The van der Waals surface area contributed by atoms with Gasteiger partial charge in [0.15, 0.2) is 6.29 Å². The van der Waals surface area contributed by atoms with Gasteiger partial charge in [-0.25, -0.2) is 4.18 Å². The molecule has 13 heteroatoms. The third kappa shape index (κ3) is 29.9. The molecule has 1 rings (SSSR count). The molecular formula is C45H78O12S. The number of carbonyl (C=O) groups is 1. The molecule has 6 atom stereocenters. The lowest BCUT2D eigenvalue weighted by Crippen LogP contribution is -2.60. The van der Waals surface area contributed by atoms with Crippen LogP contribution in [-0.2, 0) is 38.3 Å².